The lowest BCUT2D eigenvalue weighted by atomic mass is 10.1. The van der Waals surface area contributed by atoms with Gasteiger partial charge in [0, 0.05) is 0 Å². The van der Waals surface area contributed by atoms with Gasteiger partial charge in [-0.2, -0.15) is 5.26 Å². The number of halogens is 3. The molecule has 1 heterocycles. The molecule has 2 N–H and O–H groups in total. The molecule has 0 fully saturated rings. The first-order chi connectivity index (χ1) is 6.60. The van der Waals surface area contributed by atoms with E-state index < -0.39 is 12.0 Å². The summed E-state index contributed by atoms with van der Waals surface area (Å²) in [7, 11) is 0. The largest absolute Gasteiger partial charge is 0.383 e. The Morgan fingerprint density at radius 3 is 2.71 bits per heavy atom. The van der Waals surface area contributed by atoms with Crippen molar-refractivity contribution < 1.29 is 8.78 Å². The van der Waals surface area contributed by atoms with Crippen LogP contribution in [0, 0.1) is 11.3 Å². The zero-order valence-corrected chi connectivity index (χ0v) is 7.72. The molecule has 0 aliphatic rings. The average Bonchev–Trinajstić information content (AvgIpc) is 2.16. The van der Waals surface area contributed by atoms with Gasteiger partial charge in [-0.25, -0.2) is 13.8 Å². The van der Waals surface area contributed by atoms with E-state index >= 15 is 0 Å². The Morgan fingerprint density at radius 1 is 1.64 bits per heavy atom. The summed E-state index contributed by atoms with van der Waals surface area (Å²) in [5.74, 6) is -0.314. The number of nitrogens with zero attached hydrogens (tertiary/aromatic N) is 2. The van der Waals surface area contributed by atoms with Gasteiger partial charge in [-0.3, -0.25) is 0 Å². The van der Waals surface area contributed by atoms with Gasteiger partial charge in [0.2, 0.25) is 0 Å². The lowest BCUT2D eigenvalue weighted by Gasteiger charge is -2.06. The van der Waals surface area contributed by atoms with Crippen LogP contribution < -0.4 is 5.73 Å². The van der Waals surface area contributed by atoms with Gasteiger partial charge < -0.3 is 5.73 Å². The van der Waals surface area contributed by atoms with Gasteiger partial charge in [0.05, 0.1) is 22.7 Å². The van der Waals surface area contributed by atoms with E-state index in [2.05, 4.69) is 4.98 Å². The molecule has 74 valence electrons. The fourth-order valence-electron chi connectivity index (χ4n) is 0.956. The molecule has 14 heavy (non-hydrogen) atoms. The topological polar surface area (TPSA) is 62.7 Å². The minimum Gasteiger partial charge on any atom is -0.383 e. The first-order valence-electron chi connectivity index (χ1n) is 3.63. The van der Waals surface area contributed by atoms with Crippen LogP contribution >= 0.6 is 11.6 Å². The van der Waals surface area contributed by atoms with Gasteiger partial charge in [-0.05, 0) is 6.07 Å². The van der Waals surface area contributed by atoms with E-state index in [9.17, 15) is 8.78 Å². The van der Waals surface area contributed by atoms with Crippen molar-refractivity contribution >= 4 is 17.4 Å². The molecule has 0 atom stereocenters. The van der Waals surface area contributed by atoms with Crippen LogP contribution in [0.25, 0.3) is 0 Å². The van der Waals surface area contributed by atoms with Crippen molar-refractivity contribution in [3.8, 4) is 6.07 Å². The van der Waals surface area contributed by atoms with E-state index in [0.717, 1.165) is 6.07 Å². The van der Waals surface area contributed by atoms with Crippen molar-refractivity contribution in [3.05, 3.63) is 22.9 Å². The second-order valence-electron chi connectivity index (χ2n) is 2.50. The lowest BCUT2D eigenvalue weighted by molar-refractivity contribution is 0.152. The van der Waals surface area contributed by atoms with Crippen LogP contribution in [0.15, 0.2) is 6.07 Å². The summed E-state index contributed by atoms with van der Waals surface area (Å²) in [6.07, 6.45) is -2.74. The Kier molecular flexibility index (Phi) is 3.20. The minimum absolute atomic E-state index is 0.0311. The zero-order valence-electron chi connectivity index (χ0n) is 6.97. The molecule has 1 aromatic heterocycles. The molecule has 0 aliphatic carbocycles. The van der Waals surface area contributed by atoms with E-state index in [-0.39, 0.29) is 23.0 Å². The van der Waals surface area contributed by atoms with E-state index in [1.54, 1.807) is 6.07 Å². The summed E-state index contributed by atoms with van der Waals surface area (Å²) < 4.78 is 24.6. The van der Waals surface area contributed by atoms with Gasteiger partial charge in [0.25, 0.3) is 6.43 Å². The Bertz CT molecular complexity index is 387. The quantitative estimate of drug-likeness (QED) is 0.773. The summed E-state index contributed by atoms with van der Waals surface area (Å²) in [5, 5.41) is 8.61. The standard InChI is InChI=1S/C8H6ClF2N3/c9-2-6-4(3-12)1-5(7(10)11)8(13)14-6/h1,7H,2H2,(H2,13,14). The maximum Gasteiger partial charge on any atom is 0.267 e. The van der Waals surface area contributed by atoms with Crippen LogP contribution in [0.4, 0.5) is 14.6 Å². The Balaban J connectivity index is 3.32. The smallest absolute Gasteiger partial charge is 0.267 e. The van der Waals surface area contributed by atoms with Gasteiger partial charge in [0.15, 0.2) is 0 Å². The fourth-order valence-corrected chi connectivity index (χ4v) is 1.16. The van der Waals surface area contributed by atoms with Crippen molar-refractivity contribution in [1.82, 2.24) is 4.98 Å². The van der Waals surface area contributed by atoms with Crippen LogP contribution in [0.2, 0.25) is 0 Å². The molecule has 0 aromatic carbocycles. The van der Waals surface area contributed by atoms with Crippen molar-refractivity contribution in [2.24, 2.45) is 0 Å². The summed E-state index contributed by atoms with van der Waals surface area (Å²) in [5.41, 5.74) is 5.08. The highest BCUT2D eigenvalue weighted by molar-refractivity contribution is 6.17. The third kappa shape index (κ3) is 1.91. The van der Waals surface area contributed by atoms with Gasteiger partial charge >= 0.3 is 0 Å². The van der Waals surface area contributed by atoms with Gasteiger partial charge in [0.1, 0.15) is 11.9 Å². The summed E-state index contributed by atoms with van der Waals surface area (Å²) >= 11 is 5.46. The van der Waals surface area contributed by atoms with E-state index in [1.807, 2.05) is 0 Å². The van der Waals surface area contributed by atoms with Crippen LogP contribution in [0.3, 0.4) is 0 Å². The summed E-state index contributed by atoms with van der Waals surface area (Å²) in [4.78, 5) is 3.63. The number of hydrogen-bond acceptors (Lipinski definition) is 3. The number of aromatic nitrogens is 1. The Labute approximate surface area is 84.1 Å². The highest BCUT2D eigenvalue weighted by atomic mass is 35.5. The third-order valence-electron chi connectivity index (χ3n) is 1.64. The number of anilines is 1. The Hall–Kier alpha value is -1.41. The van der Waals surface area contributed by atoms with E-state index in [0.29, 0.717) is 0 Å². The molecule has 0 bridgehead atoms. The van der Waals surface area contributed by atoms with E-state index in [4.69, 9.17) is 22.6 Å². The van der Waals surface area contributed by atoms with Crippen molar-refractivity contribution in [1.29, 1.82) is 5.26 Å². The molecule has 0 amide bonds. The first-order valence-corrected chi connectivity index (χ1v) is 4.17. The number of hydrogen-bond donors (Lipinski definition) is 1. The molecule has 0 aliphatic heterocycles. The molecule has 0 unspecified atom stereocenters. The predicted molar refractivity (Wildman–Crippen MR) is 47.9 cm³/mol. The van der Waals surface area contributed by atoms with Crippen LogP contribution in [-0.2, 0) is 5.88 Å². The normalized spacial score (nSPS) is 10.2. The van der Waals surface area contributed by atoms with Gasteiger partial charge in [-0.1, -0.05) is 0 Å². The predicted octanol–water partition coefficient (Wildman–Crippen LogP) is 2.21. The minimum atomic E-state index is -2.74. The molecule has 0 saturated carbocycles. The number of nitriles is 1. The number of rotatable bonds is 2. The third-order valence-corrected chi connectivity index (χ3v) is 1.90. The van der Waals surface area contributed by atoms with Crippen molar-refractivity contribution in [2.75, 3.05) is 5.73 Å². The monoisotopic (exact) mass is 217 g/mol. The summed E-state index contributed by atoms with van der Waals surface area (Å²) in [6, 6.07) is 2.75. The molecular weight excluding hydrogens is 212 g/mol. The number of alkyl halides is 3. The SMILES string of the molecule is N#Cc1cc(C(F)F)c(N)nc1CCl. The number of nitrogen functional groups attached to an aromatic ring is 1. The molecule has 0 radical (unpaired) electrons. The average molecular weight is 218 g/mol. The van der Waals surface area contributed by atoms with Crippen LogP contribution in [-0.4, -0.2) is 4.98 Å². The zero-order chi connectivity index (χ0) is 10.7. The first kappa shape index (κ1) is 10.7. The highest BCUT2D eigenvalue weighted by Crippen LogP contribution is 2.26. The molecule has 1 aromatic rings. The molecular formula is C8H6ClF2N3. The maximum atomic E-state index is 12.3. The summed E-state index contributed by atoms with van der Waals surface area (Å²) in [6.45, 7) is 0. The number of nitrogens with two attached hydrogens (primary N) is 1. The molecule has 1 rings (SSSR count). The van der Waals surface area contributed by atoms with E-state index in [1.165, 1.54) is 0 Å². The molecule has 0 spiro atoms. The highest BCUT2D eigenvalue weighted by Gasteiger charge is 2.16. The number of pyridine rings is 1. The lowest BCUT2D eigenvalue weighted by Crippen LogP contribution is -2.03. The molecule has 6 heteroatoms. The molecule has 0 saturated heterocycles. The maximum absolute atomic E-state index is 12.3. The second-order valence-corrected chi connectivity index (χ2v) is 2.77. The van der Waals surface area contributed by atoms with Crippen molar-refractivity contribution in [3.63, 3.8) is 0 Å². The molecule has 3 nitrogen and oxygen atoms in total. The van der Waals surface area contributed by atoms with Crippen molar-refractivity contribution in [2.45, 2.75) is 12.3 Å². The fraction of sp³-hybridized carbons (Fsp3) is 0.250. The Morgan fingerprint density at radius 2 is 2.29 bits per heavy atom. The second kappa shape index (κ2) is 4.20. The van der Waals surface area contributed by atoms with Crippen LogP contribution in [0.1, 0.15) is 23.2 Å². The van der Waals surface area contributed by atoms with Gasteiger partial charge in [-0.15, -0.1) is 11.6 Å². The van der Waals surface area contributed by atoms with Crippen LogP contribution in [0.5, 0.6) is 0 Å².